The van der Waals surface area contributed by atoms with Crippen LogP contribution in [0.1, 0.15) is 36.8 Å². The van der Waals surface area contributed by atoms with E-state index in [2.05, 4.69) is 23.8 Å². The highest BCUT2D eigenvalue weighted by Crippen LogP contribution is 2.58. The fraction of sp³-hybridized carbons (Fsp3) is 0.224. The van der Waals surface area contributed by atoms with Gasteiger partial charge in [0.05, 0.1) is 29.5 Å². The molecule has 3 aromatic carbocycles. The number of hydrogen-bond acceptors (Lipinski definition) is 17. The van der Waals surface area contributed by atoms with Crippen molar-refractivity contribution in [2.24, 2.45) is 0 Å². The largest absolute Gasteiger partial charge is 0.486 e. The summed E-state index contributed by atoms with van der Waals surface area (Å²) in [5, 5.41) is 8.16. The molecule has 0 bridgehead atoms. The van der Waals surface area contributed by atoms with Crippen molar-refractivity contribution >= 4 is 87.7 Å². The highest BCUT2D eigenvalue weighted by atomic mass is 32.2. The fourth-order valence-corrected chi connectivity index (χ4v) is 14.1. The zero-order valence-electron chi connectivity index (χ0n) is 42.5. The van der Waals surface area contributed by atoms with Crippen LogP contribution in [0.3, 0.4) is 0 Å². The number of carbonyl (C=O) groups is 7. The molecular formula is C58H46F2N4O13S4. The van der Waals surface area contributed by atoms with Crippen molar-refractivity contribution in [1.29, 1.82) is 0 Å². The van der Waals surface area contributed by atoms with E-state index >= 15 is 8.78 Å². The number of thiophene rings is 2. The van der Waals surface area contributed by atoms with Crippen molar-refractivity contribution < 1.29 is 70.8 Å². The summed E-state index contributed by atoms with van der Waals surface area (Å²) in [7, 11) is 0. The normalized spacial score (nSPS) is 21.2. The van der Waals surface area contributed by atoms with Gasteiger partial charge in [-0.2, -0.15) is 0 Å². The molecule has 414 valence electrons. The molecule has 2 aromatic heterocycles. The molecule has 1 spiro atoms. The predicted molar refractivity (Wildman–Crippen MR) is 296 cm³/mol. The van der Waals surface area contributed by atoms with E-state index in [1.54, 1.807) is 36.4 Å². The molecule has 0 aliphatic carbocycles. The van der Waals surface area contributed by atoms with E-state index in [1.807, 2.05) is 35.0 Å². The lowest BCUT2D eigenvalue weighted by Crippen LogP contribution is -2.70. The number of ether oxygens (including phenoxy) is 6. The number of benzene rings is 3. The van der Waals surface area contributed by atoms with E-state index in [9.17, 15) is 33.6 Å². The molecule has 23 heteroatoms. The summed E-state index contributed by atoms with van der Waals surface area (Å²) in [6.07, 6.45) is 9.18. The van der Waals surface area contributed by atoms with Gasteiger partial charge in [0.1, 0.15) is 72.2 Å². The summed E-state index contributed by atoms with van der Waals surface area (Å²) >= 11 is 5.53. The van der Waals surface area contributed by atoms with Crippen LogP contribution in [-0.4, -0.2) is 112 Å². The summed E-state index contributed by atoms with van der Waals surface area (Å²) in [6.45, 7) is 6.47. The smallest absolute Gasteiger partial charge is 0.355 e. The molecule has 2 saturated heterocycles. The Morgan fingerprint density at radius 2 is 1.14 bits per heavy atom. The number of β-lactam (4-membered cyclic amide) rings is 2. The van der Waals surface area contributed by atoms with Crippen LogP contribution in [0.4, 0.5) is 8.78 Å². The van der Waals surface area contributed by atoms with Gasteiger partial charge in [-0.1, -0.05) is 67.8 Å². The molecule has 2 fully saturated rings. The van der Waals surface area contributed by atoms with Crippen LogP contribution in [0.2, 0.25) is 0 Å². The molecular weight excluding hydrogens is 1130 g/mol. The lowest BCUT2D eigenvalue weighted by Gasteiger charge is -2.49. The SMILES string of the molecule is C=CCOC(=O)C1=C(C=CCOc2cc3c(cc2F)C2(OC(=O)c4ccccc42)c2cc(F)c(OCC=CC4=C(C(=O)OCC=C)N5C(=O)C(NC(=O)Cc6cccs6)C5SC4)cc2O3)CSC2C(NC(=O)Cc3cccs3)C(=O)N12. The summed E-state index contributed by atoms with van der Waals surface area (Å²) in [5.74, 6) is -5.72. The van der Waals surface area contributed by atoms with Gasteiger partial charge in [0.25, 0.3) is 11.8 Å². The average Bonchev–Trinajstić information content (AvgIpc) is 3.97. The molecule has 11 rings (SSSR count). The van der Waals surface area contributed by atoms with E-state index < -0.39 is 69.8 Å². The quantitative estimate of drug-likeness (QED) is 0.0331. The number of thioether (sulfide) groups is 2. The first-order valence-electron chi connectivity index (χ1n) is 25.1. The molecule has 4 atom stereocenters. The Morgan fingerprint density at radius 1 is 0.654 bits per heavy atom. The Morgan fingerprint density at radius 3 is 1.59 bits per heavy atom. The summed E-state index contributed by atoms with van der Waals surface area (Å²) in [4.78, 5) is 97.4. The lowest BCUT2D eigenvalue weighted by atomic mass is 9.77. The lowest BCUT2D eigenvalue weighted by molar-refractivity contribution is -0.152. The molecule has 5 aromatic rings. The molecule has 6 aliphatic rings. The molecule has 0 radical (unpaired) electrons. The first kappa shape index (κ1) is 54.7. The van der Waals surface area contributed by atoms with Crippen LogP contribution in [0.5, 0.6) is 23.0 Å². The van der Waals surface area contributed by atoms with Gasteiger partial charge in [0, 0.05) is 39.0 Å². The monoisotopic (exact) mass is 1170 g/mol. The fourth-order valence-electron chi connectivity index (χ4n) is 10.1. The van der Waals surface area contributed by atoms with Crippen LogP contribution in [0, 0.1) is 11.6 Å². The van der Waals surface area contributed by atoms with Crippen LogP contribution < -0.4 is 24.8 Å². The number of hydrogen-bond donors (Lipinski definition) is 2. The van der Waals surface area contributed by atoms with Crippen molar-refractivity contribution in [1.82, 2.24) is 20.4 Å². The molecule has 2 N–H and O–H groups in total. The van der Waals surface area contributed by atoms with Gasteiger partial charge >= 0.3 is 17.9 Å². The summed E-state index contributed by atoms with van der Waals surface area (Å²) in [5.41, 5.74) is -0.495. The number of rotatable bonds is 20. The maximum Gasteiger partial charge on any atom is 0.355 e. The van der Waals surface area contributed by atoms with Gasteiger partial charge in [0.15, 0.2) is 28.7 Å². The Hall–Kier alpha value is -8.25. The standard InChI is InChI=1S/C58H46F2N4O13S4/c1-3-17-74-56(70)49-31(29-80-53-47(51(67)63(49)53)61-45(65)23-33-13-9-21-78-33)11-7-19-72-43-27-41-37(25-39(43)59)58(36-16-6-5-15-35(36)55(69)77-58)38-26-40(60)44(28-42(38)76-41)73-20-8-12-32-30-81-54-48(62-46(66)24-34-14-10-22-79-34)52(68)64(54)50(32)57(71)75-18-4-2/h3-16,21-22,25-28,47-48,53-54H,1-2,17-20,23-24,29-30H2,(H,61,65)(H,62,66). The number of amides is 4. The second kappa shape index (κ2) is 23.1. The minimum absolute atomic E-state index is 0.00335. The number of nitrogens with one attached hydrogen (secondary N) is 2. The van der Waals surface area contributed by atoms with Gasteiger partial charge in [-0.3, -0.25) is 29.0 Å². The zero-order valence-corrected chi connectivity index (χ0v) is 45.8. The Bertz CT molecular complexity index is 3380. The minimum atomic E-state index is -1.88. The topological polar surface area (TPSA) is 205 Å². The van der Waals surface area contributed by atoms with E-state index in [1.165, 1.54) is 92.4 Å². The van der Waals surface area contributed by atoms with E-state index in [4.69, 9.17) is 28.4 Å². The van der Waals surface area contributed by atoms with Crippen molar-refractivity contribution in [2.75, 3.05) is 37.9 Å². The van der Waals surface area contributed by atoms with Crippen LogP contribution >= 0.6 is 46.2 Å². The van der Waals surface area contributed by atoms with Gasteiger partial charge in [-0.05, 0) is 64.4 Å². The number of fused-ring (bicyclic) bond motifs is 8. The molecule has 8 heterocycles. The second-order valence-corrected chi connectivity index (χ2v) is 22.9. The minimum Gasteiger partial charge on any atom is -0.486 e. The third-order valence-corrected chi connectivity index (χ3v) is 18.0. The van der Waals surface area contributed by atoms with Gasteiger partial charge < -0.3 is 39.1 Å². The van der Waals surface area contributed by atoms with Gasteiger partial charge in [-0.15, -0.1) is 46.2 Å². The number of allylic oxidation sites excluding steroid dienone is 2. The van der Waals surface area contributed by atoms with Crippen molar-refractivity contribution in [3.05, 3.63) is 199 Å². The predicted octanol–water partition coefficient (Wildman–Crippen LogP) is 7.78. The van der Waals surface area contributed by atoms with Crippen molar-refractivity contribution in [2.45, 2.75) is 41.3 Å². The van der Waals surface area contributed by atoms with Crippen molar-refractivity contribution in [3.63, 3.8) is 0 Å². The van der Waals surface area contributed by atoms with Crippen LogP contribution in [-0.2, 0) is 61.4 Å². The highest BCUT2D eigenvalue weighted by molar-refractivity contribution is 8.00. The number of halogens is 2. The van der Waals surface area contributed by atoms with E-state index in [0.29, 0.717) is 16.7 Å². The Labute approximate surface area is 477 Å². The molecule has 0 saturated carbocycles. The second-order valence-electron chi connectivity index (χ2n) is 18.6. The third kappa shape index (κ3) is 10.3. The molecule has 81 heavy (non-hydrogen) atoms. The zero-order chi connectivity index (χ0) is 56.5. The first-order chi connectivity index (χ1) is 39.3. The van der Waals surface area contributed by atoms with Gasteiger partial charge in [0.2, 0.25) is 11.8 Å². The van der Waals surface area contributed by atoms with Crippen LogP contribution in [0.15, 0.2) is 156 Å². The van der Waals surface area contributed by atoms with Crippen molar-refractivity contribution in [3.8, 4) is 23.0 Å². The first-order valence-corrected chi connectivity index (χ1v) is 29.0. The van der Waals surface area contributed by atoms with E-state index in [-0.39, 0.29) is 114 Å². The number of esters is 3. The summed E-state index contributed by atoms with van der Waals surface area (Å²) in [6, 6.07) is 16.8. The highest BCUT2D eigenvalue weighted by Gasteiger charge is 2.57. The molecule has 4 unspecified atom stereocenters. The molecule has 4 amide bonds. The maximum atomic E-state index is 16.4. The Kier molecular flexibility index (Phi) is 15.6. The number of nitrogens with zero attached hydrogens (tertiary/aromatic N) is 2. The van der Waals surface area contributed by atoms with Gasteiger partial charge in [-0.25, -0.2) is 23.2 Å². The average molecular weight is 1170 g/mol. The Balaban J connectivity index is 0.817. The third-order valence-electron chi connectivity index (χ3n) is 13.6. The van der Waals surface area contributed by atoms with Crippen LogP contribution in [0.25, 0.3) is 0 Å². The maximum absolute atomic E-state index is 16.4. The number of carbonyl (C=O) groups excluding carboxylic acids is 7. The molecule has 6 aliphatic heterocycles. The molecule has 17 nitrogen and oxygen atoms in total. The van der Waals surface area contributed by atoms with E-state index in [0.717, 1.165) is 21.9 Å². The summed E-state index contributed by atoms with van der Waals surface area (Å²) < 4.78 is 67.9.